The van der Waals surface area contributed by atoms with Crippen molar-refractivity contribution >= 4 is 23.5 Å². The zero-order valence-electron chi connectivity index (χ0n) is 23.3. The van der Waals surface area contributed by atoms with E-state index in [9.17, 15) is 19.8 Å². The molecule has 1 rings (SSSR count). The van der Waals surface area contributed by atoms with Gasteiger partial charge in [0.25, 0.3) is 0 Å². The molecule has 0 saturated carbocycles. The maximum Gasteiger partial charge on any atom is 0.309 e. The van der Waals surface area contributed by atoms with Crippen molar-refractivity contribution in [3.05, 3.63) is 46.6 Å². The SMILES string of the molecule is CCC(C)S/C=C(N)/C=C(\C)[C@@H]1C/C=C(C)\C=C\C[C@H](C)[C@H](O)[C@@H](C)C(=O)C(C)(C)[C@@H](O)CC(=O)O1. The summed E-state index contributed by atoms with van der Waals surface area (Å²) in [6.07, 6.45) is 6.90. The predicted octanol–water partition coefficient (Wildman–Crippen LogP) is 5.45. The molecule has 1 heterocycles. The summed E-state index contributed by atoms with van der Waals surface area (Å²) < 4.78 is 5.79. The Balaban J connectivity index is 3.30. The summed E-state index contributed by atoms with van der Waals surface area (Å²) in [7, 11) is 0. The number of esters is 1. The van der Waals surface area contributed by atoms with Crippen LogP contribution in [0.5, 0.6) is 0 Å². The van der Waals surface area contributed by atoms with Crippen LogP contribution in [-0.2, 0) is 14.3 Å². The number of ketones is 1. The predicted molar refractivity (Wildman–Crippen MR) is 149 cm³/mol. The molecule has 0 radical (unpaired) electrons. The Morgan fingerprint density at radius 2 is 1.92 bits per heavy atom. The number of carbonyl (C=O) groups is 2. The lowest BCUT2D eigenvalue weighted by Crippen LogP contribution is -2.45. The van der Waals surface area contributed by atoms with Crippen LogP contribution >= 0.6 is 11.8 Å². The lowest BCUT2D eigenvalue weighted by molar-refractivity contribution is -0.154. The monoisotopic (exact) mass is 521 g/mol. The van der Waals surface area contributed by atoms with E-state index in [2.05, 4.69) is 13.8 Å². The van der Waals surface area contributed by atoms with E-state index in [-0.39, 0.29) is 18.1 Å². The van der Waals surface area contributed by atoms with Crippen LogP contribution in [0.15, 0.2) is 46.6 Å². The zero-order chi connectivity index (χ0) is 27.6. The summed E-state index contributed by atoms with van der Waals surface area (Å²) in [4.78, 5) is 26.0. The Kier molecular flexibility index (Phi) is 13.2. The van der Waals surface area contributed by atoms with Crippen LogP contribution in [0.2, 0.25) is 0 Å². The van der Waals surface area contributed by atoms with Gasteiger partial charge in [0, 0.05) is 23.3 Å². The second-order valence-corrected chi connectivity index (χ2v) is 12.0. The third-order valence-corrected chi connectivity index (χ3v) is 8.27. The van der Waals surface area contributed by atoms with E-state index in [1.807, 2.05) is 50.5 Å². The van der Waals surface area contributed by atoms with E-state index in [4.69, 9.17) is 10.5 Å². The number of carbonyl (C=O) groups excluding carboxylic acids is 2. The largest absolute Gasteiger partial charge is 0.457 e. The maximum atomic E-state index is 13.2. The molecule has 1 aliphatic rings. The van der Waals surface area contributed by atoms with Crippen LogP contribution in [0, 0.1) is 17.3 Å². The Hall–Kier alpha value is -1.83. The summed E-state index contributed by atoms with van der Waals surface area (Å²) in [5, 5.41) is 24.0. The minimum Gasteiger partial charge on any atom is -0.457 e. The number of cyclic esters (lactones) is 1. The number of hydrogen-bond donors (Lipinski definition) is 3. The number of thioether (sulfide) groups is 1. The molecule has 0 spiro atoms. The highest BCUT2D eigenvalue weighted by Gasteiger charge is 2.42. The first-order valence-electron chi connectivity index (χ1n) is 12.9. The van der Waals surface area contributed by atoms with Crippen LogP contribution < -0.4 is 5.73 Å². The van der Waals surface area contributed by atoms with Crippen LogP contribution in [0.1, 0.15) is 81.1 Å². The number of aliphatic hydroxyl groups is 2. The minimum atomic E-state index is -1.24. The van der Waals surface area contributed by atoms with Gasteiger partial charge in [0.1, 0.15) is 11.9 Å². The number of aliphatic hydroxyl groups excluding tert-OH is 2. The highest BCUT2D eigenvalue weighted by atomic mass is 32.2. The second kappa shape index (κ2) is 14.8. The van der Waals surface area contributed by atoms with Gasteiger partial charge in [0.05, 0.1) is 24.0 Å². The number of Topliss-reactive ketones (excluding diaryl/α,β-unsaturated/α-hetero) is 1. The topological polar surface area (TPSA) is 110 Å². The Bertz CT molecular complexity index is 873. The standard InChI is InChI=1S/C29H47NO5S/c1-9-21(5)36-17-23(30)15-20(4)24-14-13-18(2)11-10-12-19(3)27(33)22(6)28(34)29(7,8)25(31)16-26(32)35-24/h10-11,13,15,17,19,21-22,24-25,27,31,33H,9,12,14,16,30H2,1-8H3/b11-10+,18-13-,20-15+,23-17-/t19-,21?,22+,24-,25-,27-/m0/s1. The first-order chi connectivity index (χ1) is 16.7. The number of allylic oxidation sites excluding steroid dienone is 4. The summed E-state index contributed by atoms with van der Waals surface area (Å²) in [5.74, 6) is -1.69. The van der Waals surface area contributed by atoms with Gasteiger partial charge in [-0.1, -0.05) is 65.3 Å². The van der Waals surface area contributed by atoms with E-state index < -0.39 is 35.6 Å². The second-order valence-electron chi connectivity index (χ2n) is 10.7. The van der Waals surface area contributed by atoms with Crippen LogP contribution in [0.4, 0.5) is 0 Å². The van der Waals surface area contributed by atoms with Crippen molar-refractivity contribution in [2.75, 3.05) is 0 Å². The molecule has 0 aromatic carbocycles. The highest BCUT2D eigenvalue weighted by Crippen LogP contribution is 2.32. The molecule has 1 aliphatic heterocycles. The molecule has 6 nitrogen and oxygen atoms in total. The number of ether oxygens (including phenoxy) is 1. The smallest absolute Gasteiger partial charge is 0.309 e. The summed E-state index contributed by atoms with van der Waals surface area (Å²) in [6.45, 7) is 14.9. The van der Waals surface area contributed by atoms with Gasteiger partial charge in [-0.3, -0.25) is 9.59 Å². The van der Waals surface area contributed by atoms with Gasteiger partial charge in [-0.15, -0.1) is 11.8 Å². The molecule has 204 valence electrons. The van der Waals surface area contributed by atoms with Gasteiger partial charge in [0.15, 0.2) is 0 Å². The van der Waals surface area contributed by atoms with Crippen molar-refractivity contribution in [1.82, 2.24) is 0 Å². The average molecular weight is 522 g/mol. The number of rotatable bonds is 5. The fourth-order valence-corrected chi connectivity index (χ4v) is 4.65. The molecule has 1 unspecified atom stereocenters. The molecule has 0 aromatic rings. The van der Waals surface area contributed by atoms with Crippen LogP contribution in [0.3, 0.4) is 0 Å². The lowest BCUT2D eigenvalue weighted by Gasteiger charge is -2.34. The van der Waals surface area contributed by atoms with Gasteiger partial charge in [-0.25, -0.2) is 0 Å². The Morgan fingerprint density at radius 3 is 2.53 bits per heavy atom. The van der Waals surface area contributed by atoms with Crippen LogP contribution in [-0.4, -0.2) is 45.5 Å². The van der Waals surface area contributed by atoms with Gasteiger partial charge in [-0.2, -0.15) is 0 Å². The van der Waals surface area contributed by atoms with Crippen molar-refractivity contribution in [1.29, 1.82) is 0 Å². The summed E-state index contributed by atoms with van der Waals surface area (Å²) >= 11 is 1.66. The third-order valence-electron chi connectivity index (χ3n) is 7.07. The number of hydrogen-bond acceptors (Lipinski definition) is 7. The van der Waals surface area contributed by atoms with Crippen LogP contribution in [0.25, 0.3) is 0 Å². The molecule has 0 aliphatic carbocycles. The molecule has 0 aromatic heterocycles. The van der Waals surface area contributed by atoms with E-state index in [0.29, 0.717) is 23.8 Å². The molecule has 4 N–H and O–H groups in total. The third kappa shape index (κ3) is 9.91. The molecular formula is C29H47NO5S. The molecule has 0 amide bonds. The van der Waals surface area contributed by atoms with Gasteiger partial charge in [0.2, 0.25) is 0 Å². The van der Waals surface area contributed by atoms with E-state index >= 15 is 0 Å². The molecule has 0 saturated heterocycles. The fraction of sp³-hybridized carbons (Fsp3) is 0.655. The van der Waals surface area contributed by atoms with Crippen molar-refractivity contribution < 1.29 is 24.5 Å². The summed E-state index contributed by atoms with van der Waals surface area (Å²) in [6, 6.07) is 0. The molecule has 0 fully saturated rings. The molecule has 0 bridgehead atoms. The fourth-order valence-electron chi connectivity index (χ4n) is 4.00. The minimum absolute atomic E-state index is 0.139. The van der Waals surface area contributed by atoms with Crippen molar-refractivity contribution in [3.8, 4) is 0 Å². The maximum absolute atomic E-state index is 13.2. The van der Waals surface area contributed by atoms with Crippen molar-refractivity contribution in [2.24, 2.45) is 23.0 Å². The van der Waals surface area contributed by atoms with Crippen molar-refractivity contribution in [2.45, 2.75) is 105 Å². The van der Waals surface area contributed by atoms with E-state index in [1.54, 1.807) is 32.5 Å². The molecule has 6 atom stereocenters. The van der Waals surface area contributed by atoms with Gasteiger partial charge >= 0.3 is 5.97 Å². The Labute approximate surface area is 222 Å². The van der Waals surface area contributed by atoms with Gasteiger partial charge < -0.3 is 20.7 Å². The van der Waals surface area contributed by atoms with Crippen molar-refractivity contribution in [3.63, 3.8) is 0 Å². The first kappa shape index (κ1) is 32.2. The van der Waals surface area contributed by atoms with E-state index in [1.165, 1.54) is 0 Å². The lowest BCUT2D eigenvalue weighted by atomic mass is 9.73. The molecule has 7 heteroatoms. The normalized spacial score (nSPS) is 32.8. The number of nitrogens with two attached hydrogens (primary N) is 1. The van der Waals surface area contributed by atoms with E-state index in [0.717, 1.165) is 17.6 Å². The average Bonchev–Trinajstić information content (AvgIpc) is 2.82. The highest BCUT2D eigenvalue weighted by molar-refractivity contribution is 8.02. The quantitative estimate of drug-likeness (QED) is 0.326. The zero-order valence-corrected chi connectivity index (χ0v) is 24.1. The van der Waals surface area contributed by atoms with Gasteiger partial charge in [-0.05, 0) is 49.7 Å². The summed E-state index contributed by atoms with van der Waals surface area (Å²) in [5.41, 5.74) is 7.37. The molecular weight excluding hydrogens is 474 g/mol. The Morgan fingerprint density at radius 1 is 1.28 bits per heavy atom. The molecule has 36 heavy (non-hydrogen) atoms. The first-order valence-corrected chi connectivity index (χ1v) is 13.9.